The maximum Gasteiger partial charge on any atom is 0.256 e. The Kier molecular flexibility index (Phi) is 4.24. The lowest BCUT2D eigenvalue weighted by Crippen LogP contribution is -2.47. The van der Waals surface area contributed by atoms with Gasteiger partial charge in [-0.2, -0.15) is 0 Å². The first-order chi connectivity index (χ1) is 9.05. The molecule has 1 heterocycles. The van der Waals surface area contributed by atoms with Crippen molar-refractivity contribution in [1.29, 1.82) is 0 Å². The van der Waals surface area contributed by atoms with Crippen LogP contribution < -0.4 is 15.4 Å². The number of hydrogen-bond acceptors (Lipinski definition) is 3. The van der Waals surface area contributed by atoms with Gasteiger partial charge in [-0.1, -0.05) is 6.07 Å². The molecule has 1 unspecified atom stereocenters. The van der Waals surface area contributed by atoms with Crippen LogP contribution in [0.5, 0.6) is 5.75 Å². The third kappa shape index (κ3) is 3.15. The topological polar surface area (TPSA) is 38.5 Å². The number of anilines is 1. The van der Waals surface area contributed by atoms with Crippen molar-refractivity contribution in [2.45, 2.75) is 31.2 Å². The fourth-order valence-corrected chi connectivity index (χ4v) is 2.46. The van der Waals surface area contributed by atoms with E-state index in [-0.39, 0.29) is 0 Å². The van der Waals surface area contributed by atoms with Crippen molar-refractivity contribution in [3.05, 3.63) is 24.3 Å². The summed E-state index contributed by atoms with van der Waals surface area (Å²) in [6.45, 7) is 1.30. The third-order valence-corrected chi connectivity index (χ3v) is 3.77. The number of ether oxygens (including phenoxy) is 1. The van der Waals surface area contributed by atoms with Gasteiger partial charge in [-0.25, -0.2) is 8.78 Å². The summed E-state index contributed by atoms with van der Waals surface area (Å²) in [5, 5.41) is 0. The highest BCUT2D eigenvalue weighted by Gasteiger charge is 2.37. The molecule has 0 saturated carbocycles. The average Bonchev–Trinajstić information content (AvgIpc) is 2.62. The lowest BCUT2D eigenvalue weighted by molar-refractivity contribution is 0.0466. The Morgan fingerprint density at radius 1 is 1.32 bits per heavy atom. The van der Waals surface area contributed by atoms with Crippen molar-refractivity contribution in [2.24, 2.45) is 5.73 Å². The Morgan fingerprint density at radius 3 is 2.79 bits per heavy atom. The van der Waals surface area contributed by atoms with E-state index in [4.69, 9.17) is 10.5 Å². The molecule has 1 aromatic carbocycles. The Labute approximate surface area is 112 Å². The molecule has 0 amide bonds. The quantitative estimate of drug-likeness (QED) is 0.917. The second-order valence-electron chi connectivity index (χ2n) is 5.08. The second-order valence-corrected chi connectivity index (χ2v) is 5.08. The van der Waals surface area contributed by atoms with E-state index in [0.717, 1.165) is 18.0 Å². The van der Waals surface area contributed by atoms with Crippen LogP contribution in [0.1, 0.15) is 19.3 Å². The summed E-state index contributed by atoms with van der Waals surface area (Å²) >= 11 is 0. The minimum absolute atomic E-state index is 0.307. The number of alkyl halides is 2. The van der Waals surface area contributed by atoms with E-state index in [2.05, 4.69) is 4.90 Å². The highest BCUT2D eigenvalue weighted by Crippen LogP contribution is 2.29. The zero-order valence-electron chi connectivity index (χ0n) is 11.1. The molecule has 19 heavy (non-hydrogen) atoms. The van der Waals surface area contributed by atoms with Gasteiger partial charge in [-0.15, -0.1) is 0 Å². The predicted molar refractivity (Wildman–Crippen MR) is 72.0 cm³/mol. The van der Waals surface area contributed by atoms with Gasteiger partial charge in [0.2, 0.25) is 0 Å². The molecule has 0 aliphatic carbocycles. The van der Waals surface area contributed by atoms with Crippen molar-refractivity contribution in [3.63, 3.8) is 0 Å². The number of methoxy groups -OCH3 is 1. The van der Waals surface area contributed by atoms with Crippen LogP contribution in [0.3, 0.4) is 0 Å². The summed E-state index contributed by atoms with van der Waals surface area (Å²) in [5.41, 5.74) is 5.46. The molecular weight excluding hydrogens is 250 g/mol. The molecule has 3 nitrogen and oxygen atoms in total. The SMILES string of the molecule is COc1cccc(N2CCCC(N)(C(F)F)CC2)c1. The van der Waals surface area contributed by atoms with Crippen LogP contribution in [0, 0.1) is 0 Å². The van der Waals surface area contributed by atoms with Crippen molar-refractivity contribution >= 4 is 5.69 Å². The minimum atomic E-state index is -2.46. The van der Waals surface area contributed by atoms with E-state index in [1.807, 2.05) is 24.3 Å². The first-order valence-electron chi connectivity index (χ1n) is 6.51. The Morgan fingerprint density at radius 2 is 2.11 bits per heavy atom. The van der Waals surface area contributed by atoms with Gasteiger partial charge < -0.3 is 15.4 Å². The highest BCUT2D eigenvalue weighted by atomic mass is 19.3. The fourth-order valence-electron chi connectivity index (χ4n) is 2.46. The number of nitrogens with two attached hydrogens (primary N) is 1. The molecule has 0 bridgehead atoms. The number of rotatable bonds is 3. The lowest BCUT2D eigenvalue weighted by atomic mass is 9.92. The van der Waals surface area contributed by atoms with Crippen molar-refractivity contribution in [3.8, 4) is 5.75 Å². The molecular formula is C14H20F2N2O. The molecule has 106 valence electrons. The van der Waals surface area contributed by atoms with Gasteiger partial charge >= 0.3 is 0 Å². The molecule has 5 heteroatoms. The molecule has 1 atom stereocenters. The first-order valence-corrected chi connectivity index (χ1v) is 6.51. The number of nitrogens with zero attached hydrogens (tertiary/aromatic N) is 1. The maximum atomic E-state index is 13.0. The minimum Gasteiger partial charge on any atom is -0.497 e. The zero-order chi connectivity index (χ0) is 13.9. The summed E-state index contributed by atoms with van der Waals surface area (Å²) in [5.74, 6) is 0.773. The number of benzene rings is 1. The largest absolute Gasteiger partial charge is 0.497 e. The van der Waals surface area contributed by atoms with Crippen LogP contribution in [0.15, 0.2) is 24.3 Å². The van der Waals surface area contributed by atoms with E-state index in [1.165, 1.54) is 0 Å². The molecule has 0 spiro atoms. The number of halogens is 2. The molecule has 1 fully saturated rings. The normalized spacial score (nSPS) is 24.4. The van der Waals surface area contributed by atoms with Crippen LogP contribution in [0.4, 0.5) is 14.5 Å². The Hall–Kier alpha value is -1.36. The van der Waals surface area contributed by atoms with E-state index in [0.29, 0.717) is 25.8 Å². The van der Waals surface area contributed by atoms with Crippen molar-refractivity contribution in [2.75, 3.05) is 25.1 Å². The predicted octanol–water partition coefficient (Wildman–Crippen LogP) is 2.65. The molecule has 2 N–H and O–H groups in total. The van der Waals surface area contributed by atoms with E-state index < -0.39 is 12.0 Å². The Bertz CT molecular complexity index is 428. The van der Waals surface area contributed by atoms with Gasteiger partial charge in [0.25, 0.3) is 6.43 Å². The summed E-state index contributed by atoms with van der Waals surface area (Å²) in [4.78, 5) is 2.10. The second kappa shape index (κ2) is 5.74. The van der Waals surface area contributed by atoms with Gasteiger partial charge in [0.15, 0.2) is 0 Å². The van der Waals surface area contributed by atoms with Gasteiger partial charge in [0.1, 0.15) is 5.75 Å². The van der Waals surface area contributed by atoms with Gasteiger partial charge in [0, 0.05) is 24.8 Å². The zero-order valence-corrected chi connectivity index (χ0v) is 11.1. The number of hydrogen-bond donors (Lipinski definition) is 1. The molecule has 1 aliphatic heterocycles. The summed E-state index contributed by atoms with van der Waals surface area (Å²) in [7, 11) is 1.61. The summed E-state index contributed by atoms with van der Waals surface area (Å²) in [6, 6.07) is 7.66. The lowest BCUT2D eigenvalue weighted by Gasteiger charge is -2.27. The molecule has 1 aromatic rings. The average molecular weight is 270 g/mol. The van der Waals surface area contributed by atoms with Crippen LogP contribution in [0.2, 0.25) is 0 Å². The third-order valence-electron chi connectivity index (χ3n) is 3.77. The molecule has 0 aromatic heterocycles. The van der Waals surface area contributed by atoms with Gasteiger partial charge in [-0.3, -0.25) is 0 Å². The van der Waals surface area contributed by atoms with Crippen LogP contribution in [0.25, 0.3) is 0 Å². The van der Waals surface area contributed by atoms with Crippen LogP contribution in [-0.2, 0) is 0 Å². The molecule has 1 saturated heterocycles. The van der Waals surface area contributed by atoms with Gasteiger partial charge in [-0.05, 0) is 31.4 Å². The molecule has 1 aliphatic rings. The summed E-state index contributed by atoms with van der Waals surface area (Å²) in [6.07, 6.45) is -1.11. The van der Waals surface area contributed by atoms with Gasteiger partial charge in [0.05, 0.1) is 12.6 Å². The molecule has 0 radical (unpaired) electrons. The monoisotopic (exact) mass is 270 g/mol. The standard InChI is InChI=1S/C14H20F2N2O/c1-19-12-5-2-4-11(10-12)18-8-3-6-14(17,7-9-18)13(15)16/h2,4-5,10,13H,3,6-9,17H2,1H3. The highest BCUT2D eigenvalue weighted by molar-refractivity contribution is 5.50. The first kappa shape index (κ1) is 14.1. The van der Waals surface area contributed by atoms with E-state index in [9.17, 15) is 8.78 Å². The molecule has 2 rings (SSSR count). The van der Waals surface area contributed by atoms with E-state index >= 15 is 0 Å². The van der Waals surface area contributed by atoms with Crippen molar-refractivity contribution < 1.29 is 13.5 Å². The Balaban J connectivity index is 2.10. The van der Waals surface area contributed by atoms with Crippen LogP contribution >= 0.6 is 0 Å². The maximum absolute atomic E-state index is 13.0. The van der Waals surface area contributed by atoms with E-state index in [1.54, 1.807) is 7.11 Å². The summed E-state index contributed by atoms with van der Waals surface area (Å²) < 4.78 is 31.1. The fraction of sp³-hybridized carbons (Fsp3) is 0.571. The van der Waals surface area contributed by atoms with Crippen LogP contribution in [-0.4, -0.2) is 32.2 Å². The smallest absolute Gasteiger partial charge is 0.256 e. The van der Waals surface area contributed by atoms with Crippen molar-refractivity contribution in [1.82, 2.24) is 0 Å².